The van der Waals surface area contributed by atoms with Crippen LogP contribution in [0, 0.1) is 0 Å². The normalized spacial score (nSPS) is 13.7. The molecule has 0 saturated carbocycles. The molecule has 0 saturated heterocycles. The Hall–Kier alpha value is -3.45. The summed E-state index contributed by atoms with van der Waals surface area (Å²) in [5.41, 5.74) is 8.93. The third-order valence-corrected chi connectivity index (χ3v) is 5.34. The average molecular weight is 418 g/mol. The lowest BCUT2D eigenvalue weighted by Gasteiger charge is -2.31. The Labute approximate surface area is 181 Å². The van der Waals surface area contributed by atoms with Crippen LogP contribution in [-0.2, 0) is 17.6 Å². The number of ether oxygens (including phenoxy) is 2. The number of amides is 1. The molecule has 3 aromatic rings. The second-order valence-corrected chi connectivity index (χ2v) is 7.47. The van der Waals surface area contributed by atoms with Crippen LogP contribution in [0.15, 0.2) is 67.3 Å². The van der Waals surface area contributed by atoms with Crippen LogP contribution in [0.4, 0.5) is 0 Å². The molecule has 1 unspecified atom stereocenters. The molecule has 7 heteroatoms. The Balaban J connectivity index is 1.58. The largest absolute Gasteiger partial charge is 0.486 e. The second-order valence-electron chi connectivity index (χ2n) is 7.47. The van der Waals surface area contributed by atoms with Crippen molar-refractivity contribution in [2.45, 2.75) is 18.9 Å². The van der Waals surface area contributed by atoms with Crippen molar-refractivity contribution in [2.24, 2.45) is 5.73 Å². The van der Waals surface area contributed by atoms with Gasteiger partial charge in [-0.2, -0.15) is 0 Å². The van der Waals surface area contributed by atoms with Crippen molar-refractivity contribution < 1.29 is 14.3 Å². The number of pyridine rings is 2. The number of hydrogen-bond donors (Lipinski definition) is 1. The Morgan fingerprint density at radius 3 is 2.10 bits per heavy atom. The topological polar surface area (TPSA) is 90.6 Å². The summed E-state index contributed by atoms with van der Waals surface area (Å²) in [4.78, 5) is 23.1. The Kier molecular flexibility index (Phi) is 6.74. The maximum absolute atomic E-state index is 12.6. The fourth-order valence-electron chi connectivity index (χ4n) is 3.79. The zero-order valence-electron chi connectivity index (χ0n) is 17.3. The molecule has 4 rings (SSSR count). The van der Waals surface area contributed by atoms with Gasteiger partial charge in [0.2, 0.25) is 5.91 Å². The zero-order valence-corrected chi connectivity index (χ0v) is 17.3. The molecule has 0 aliphatic carbocycles. The van der Waals surface area contributed by atoms with Crippen molar-refractivity contribution in [3.05, 3.63) is 83.9 Å². The Morgan fingerprint density at radius 1 is 0.935 bits per heavy atom. The molecule has 1 amide bonds. The summed E-state index contributed by atoms with van der Waals surface area (Å²) in [7, 11) is 0. The van der Waals surface area contributed by atoms with Gasteiger partial charge in [0.25, 0.3) is 0 Å². The van der Waals surface area contributed by atoms with Crippen LogP contribution in [0.2, 0.25) is 0 Å². The van der Waals surface area contributed by atoms with Crippen molar-refractivity contribution in [2.75, 3.05) is 26.3 Å². The summed E-state index contributed by atoms with van der Waals surface area (Å²) in [5, 5.41) is 0. The highest BCUT2D eigenvalue weighted by Crippen LogP contribution is 2.34. The lowest BCUT2D eigenvalue weighted by atomic mass is 10.0. The van der Waals surface area contributed by atoms with E-state index in [1.165, 1.54) is 0 Å². The molecule has 0 fully saturated rings. The summed E-state index contributed by atoms with van der Waals surface area (Å²) < 4.78 is 11.3. The van der Waals surface area contributed by atoms with Crippen molar-refractivity contribution in [3.8, 4) is 11.5 Å². The molecule has 2 aromatic heterocycles. The molecule has 7 nitrogen and oxygen atoms in total. The van der Waals surface area contributed by atoms with Crippen LogP contribution >= 0.6 is 0 Å². The molecule has 1 aliphatic heterocycles. The molecule has 3 heterocycles. The number of nitrogens with zero attached hydrogens (tertiary/aromatic N) is 3. The number of aromatic nitrogens is 2. The third-order valence-electron chi connectivity index (χ3n) is 5.34. The smallest absolute Gasteiger partial charge is 0.239 e. The minimum Gasteiger partial charge on any atom is -0.486 e. The van der Waals surface area contributed by atoms with Gasteiger partial charge in [0.1, 0.15) is 19.3 Å². The van der Waals surface area contributed by atoms with E-state index in [2.05, 4.69) is 14.9 Å². The highest BCUT2D eigenvalue weighted by molar-refractivity contribution is 5.81. The van der Waals surface area contributed by atoms with Crippen LogP contribution in [0.25, 0.3) is 0 Å². The molecule has 31 heavy (non-hydrogen) atoms. The standard InChI is InChI=1S/C24H26N4O3/c25-24(29)23(20-5-6-21-22(15-20)31-14-13-30-21)28(11-7-18-3-1-9-26-16-18)12-8-19-4-2-10-27-17-19/h1-6,9-10,15-17,23H,7-8,11-14H2,(H2,25,29). The fourth-order valence-corrected chi connectivity index (χ4v) is 3.79. The van der Waals surface area contributed by atoms with Gasteiger partial charge in [0, 0.05) is 37.9 Å². The number of primary amides is 1. The number of carbonyl (C=O) groups is 1. The first-order valence-corrected chi connectivity index (χ1v) is 10.4. The SMILES string of the molecule is NC(=O)C(c1ccc2c(c1)OCCO2)N(CCc1cccnc1)CCc1cccnc1. The predicted octanol–water partition coefficient (Wildman–Crippen LogP) is 2.56. The maximum Gasteiger partial charge on any atom is 0.239 e. The Morgan fingerprint density at radius 2 is 1.55 bits per heavy atom. The van der Waals surface area contributed by atoms with Crippen molar-refractivity contribution in [1.82, 2.24) is 14.9 Å². The van der Waals surface area contributed by atoms with Gasteiger partial charge in [-0.05, 0) is 53.8 Å². The first-order chi connectivity index (χ1) is 15.2. The van der Waals surface area contributed by atoms with E-state index in [9.17, 15) is 4.79 Å². The van der Waals surface area contributed by atoms with Gasteiger partial charge in [0.05, 0.1) is 0 Å². The highest BCUT2D eigenvalue weighted by atomic mass is 16.6. The lowest BCUT2D eigenvalue weighted by Crippen LogP contribution is -2.40. The van der Waals surface area contributed by atoms with E-state index in [4.69, 9.17) is 15.2 Å². The Bertz CT molecular complexity index is 955. The van der Waals surface area contributed by atoms with Gasteiger partial charge in [-0.3, -0.25) is 19.7 Å². The summed E-state index contributed by atoms with van der Waals surface area (Å²) in [6.07, 6.45) is 8.73. The molecule has 1 atom stereocenters. The van der Waals surface area contributed by atoms with Crippen molar-refractivity contribution in [1.29, 1.82) is 0 Å². The molecule has 0 radical (unpaired) electrons. The van der Waals surface area contributed by atoms with Gasteiger partial charge >= 0.3 is 0 Å². The van der Waals surface area contributed by atoms with E-state index in [0.717, 1.165) is 29.5 Å². The number of benzene rings is 1. The molecule has 0 bridgehead atoms. The van der Waals surface area contributed by atoms with Gasteiger partial charge in [-0.1, -0.05) is 18.2 Å². The van der Waals surface area contributed by atoms with Gasteiger partial charge in [-0.25, -0.2) is 0 Å². The monoisotopic (exact) mass is 418 g/mol. The summed E-state index contributed by atoms with van der Waals surface area (Å²) >= 11 is 0. The molecule has 1 aliphatic rings. The van der Waals surface area contributed by atoms with Gasteiger partial charge in [-0.15, -0.1) is 0 Å². The quantitative estimate of drug-likeness (QED) is 0.574. The molecule has 1 aromatic carbocycles. The molecular formula is C24H26N4O3. The third kappa shape index (κ3) is 5.38. The number of nitrogens with two attached hydrogens (primary N) is 1. The number of rotatable bonds is 9. The van der Waals surface area contributed by atoms with Crippen molar-refractivity contribution >= 4 is 5.91 Å². The number of fused-ring (bicyclic) bond motifs is 1. The molecular weight excluding hydrogens is 392 g/mol. The average Bonchev–Trinajstić information content (AvgIpc) is 2.81. The zero-order chi connectivity index (χ0) is 21.5. The fraction of sp³-hybridized carbons (Fsp3) is 0.292. The van der Waals surface area contributed by atoms with E-state index in [1.54, 1.807) is 12.4 Å². The first-order valence-electron chi connectivity index (χ1n) is 10.4. The number of hydrogen-bond acceptors (Lipinski definition) is 6. The molecule has 2 N–H and O–H groups in total. The summed E-state index contributed by atoms with van der Waals surface area (Å²) in [6, 6.07) is 12.9. The summed E-state index contributed by atoms with van der Waals surface area (Å²) in [5.74, 6) is 0.944. The van der Waals surface area contributed by atoms with Gasteiger partial charge < -0.3 is 15.2 Å². The van der Waals surface area contributed by atoms with E-state index in [-0.39, 0.29) is 0 Å². The van der Waals surface area contributed by atoms with Crippen LogP contribution < -0.4 is 15.2 Å². The molecule has 0 spiro atoms. The van der Waals surface area contributed by atoms with E-state index in [0.29, 0.717) is 37.8 Å². The lowest BCUT2D eigenvalue weighted by molar-refractivity contribution is -0.123. The maximum atomic E-state index is 12.6. The van der Waals surface area contributed by atoms with Crippen molar-refractivity contribution in [3.63, 3.8) is 0 Å². The molecule has 160 valence electrons. The highest BCUT2D eigenvalue weighted by Gasteiger charge is 2.27. The number of carbonyl (C=O) groups excluding carboxylic acids is 1. The van der Waals surface area contributed by atoms with E-state index >= 15 is 0 Å². The van der Waals surface area contributed by atoms with Crippen LogP contribution in [-0.4, -0.2) is 47.1 Å². The van der Waals surface area contributed by atoms with Crippen LogP contribution in [0.5, 0.6) is 11.5 Å². The second kappa shape index (κ2) is 10.0. The van der Waals surface area contributed by atoms with Crippen LogP contribution in [0.1, 0.15) is 22.7 Å². The summed E-state index contributed by atoms with van der Waals surface area (Å²) in [6.45, 7) is 2.33. The van der Waals surface area contributed by atoms with Gasteiger partial charge in [0.15, 0.2) is 11.5 Å². The van der Waals surface area contributed by atoms with Crippen LogP contribution in [0.3, 0.4) is 0 Å². The predicted molar refractivity (Wildman–Crippen MR) is 117 cm³/mol. The first kappa shape index (κ1) is 20.8. The minimum absolute atomic E-state index is 0.394. The van der Waals surface area contributed by atoms with E-state index in [1.807, 2.05) is 54.9 Å². The van der Waals surface area contributed by atoms with E-state index < -0.39 is 11.9 Å². The minimum atomic E-state index is -0.579.